The quantitative estimate of drug-likeness (QED) is 0.747. The molecule has 2 aromatic rings. The smallest absolute Gasteiger partial charge is 0.162 e. The second-order valence-corrected chi connectivity index (χ2v) is 6.63. The molecule has 1 N–H and O–H groups in total. The van der Waals surface area contributed by atoms with Crippen molar-refractivity contribution in [1.29, 1.82) is 0 Å². The van der Waals surface area contributed by atoms with Gasteiger partial charge < -0.3 is 5.32 Å². The average molecular weight is 395 g/mol. The first-order valence-electron chi connectivity index (χ1n) is 7.33. The van der Waals surface area contributed by atoms with Crippen LogP contribution in [0, 0.1) is 17.4 Å². The van der Waals surface area contributed by atoms with Crippen molar-refractivity contribution in [2.45, 2.75) is 40.5 Å². The zero-order valence-corrected chi connectivity index (χ0v) is 15.4. The molecule has 0 aliphatic carbocycles. The Balaban J connectivity index is 2.69. The molecule has 21 heavy (non-hydrogen) atoms. The first-order valence-corrected chi connectivity index (χ1v) is 8.41. The number of hydrogen-bond acceptors (Lipinski definition) is 3. The number of halogens is 1. The Hall–Kier alpha value is -1.17. The van der Waals surface area contributed by atoms with Crippen LogP contribution in [-0.2, 0) is 0 Å². The molecule has 0 amide bonds. The second-order valence-electron chi connectivity index (χ2n) is 5.55. The van der Waals surface area contributed by atoms with Gasteiger partial charge in [0.25, 0.3) is 0 Å². The molecule has 0 saturated carbocycles. The maximum Gasteiger partial charge on any atom is 0.162 e. The van der Waals surface area contributed by atoms with E-state index in [2.05, 4.69) is 80.7 Å². The van der Waals surface area contributed by atoms with Crippen LogP contribution in [0.1, 0.15) is 43.5 Å². The van der Waals surface area contributed by atoms with Gasteiger partial charge >= 0.3 is 0 Å². The van der Waals surface area contributed by atoms with Crippen LogP contribution in [-0.4, -0.2) is 16.5 Å². The molecule has 1 heterocycles. The molecule has 0 fully saturated rings. The highest BCUT2D eigenvalue weighted by Gasteiger charge is 2.17. The van der Waals surface area contributed by atoms with E-state index in [1.165, 1.54) is 11.1 Å². The van der Waals surface area contributed by atoms with Gasteiger partial charge in [-0.05, 0) is 60.4 Å². The van der Waals surface area contributed by atoms with Crippen LogP contribution >= 0.6 is 22.6 Å². The largest absolute Gasteiger partial charge is 0.369 e. The lowest BCUT2D eigenvalue weighted by atomic mass is 10.0. The molecule has 0 spiro atoms. The third-order valence-electron chi connectivity index (χ3n) is 3.47. The fraction of sp³-hybridized carbons (Fsp3) is 0.412. The van der Waals surface area contributed by atoms with Gasteiger partial charge in [-0.3, -0.25) is 0 Å². The number of hydrogen-bond donors (Lipinski definition) is 1. The molecule has 0 bridgehead atoms. The van der Waals surface area contributed by atoms with Crippen molar-refractivity contribution in [2.75, 3.05) is 11.9 Å². The molecule has 0 atom stereocenters. The molecule has 1 aromatic carbocycles. The fourth-order valence-electron chi connectivity index (χ4n) is 2.41. The average Bonchev–Trinajstić information content (AvgIpc) is 2.41. The van der Waals surface area contributed by atoms with Crippen molar-refractivity contribution >= 4 is 28.4 Å². The normalized spacial score (nSPS) is 11.0. The predicted octanol–water partition coefficient (Wildman–Crippen LogP) is 4.92. The number of nitrogens with one attached hydrogen (secondary N) is 1. The van der Waals surface area contributed by atoms with Crippen molar-refractivity contribution in [2.24, 2.45) is 0 Å². The van der Waals surface area contributed by atoms with E-state index in [1.54, 1.807) is 0 Å². The molecule has 0 saturated heterocycles. The van der Waals surface area contributed by atoms with E-state index in [4.69, 9.17) is 9.97 Å². The third kappa shape index (κ3) is 3.36. The molecule has 0 radical (unpaired) electrons. The molecule has 4 heteroatoms. The third-order valence-corrected chi connectivity index (χ3v) is 4.54. The highest BCUT2D eigenvalue weighted by atomic mass is 127. The summed E-state index contributed by atoms with van der Waals surface area (Å²) in [6.07, 6.45) is 0. The van der Waals surface area contributed by atoms with Gasteiger partial charge in [0.15, 0.2) is 5.82 Å². The van der Waals surface area contributed by atoms with Gasteiger partial charge in [-0.1, -0.05) is 32.0 Å². The van der Waals surface area contributed by atoms with Crippen LogP contribution in [0.4, 0.5) is 5.82 Å². The summed E-state index contributed by atoms with van der Waals surface area (Å²) < 4.78 is 1.12. The summed E-state index contributed by atoms with van der Waals surface area (Å²) in [5.74, 6) is 2.14. The summed E-state index contributed by atoms with van der Waals surface area (Å²) in [4.78, 5) is 9.62. The minimum Gasteiger partial charge on any atom is -0.369 e. The van der Waals surface area contributed by atoms with Gasteiger partial charge in [0.05, 0.1) is 9.26 Å². The van der Waals surface area contributed by atoms with Crippen LogP contribution in [0.5, 0.6) is 0 Å². The Morgan fingerprint density at radius 3 is 2.29 bits per heavy atom. The Labute approximate surface area is 140 Å². The molecule has 0 aliphatic heterocycles. The summed E-state index contributed by atoms with van der Waals surface area (Å²) in [5, 5.41) is 3.36. The Morgan fingerprint density at radius 1 is 1.14 bits per heavy atom. The van der Waals surface area contributed by atoms with Crippen molar-refractivity contribution in [1.82, 2.24) is 9.97 Å². The SMILES string of the molecule is CCNc1nc(-c2c(C)cccc2C)nc(C(C)C)c1I. The lowest BCUT2D eigenvalue weighted by Crippen LogP contribution is -2.09. The van der Waals surface area contributed by atoms with Crippen LogP contribution in [0.15, 0.2) is 18.2 Å². The first kappa shape index (κ1) is 16.2. The van der Waals surface area contributed by atoms with Gasteiger partial charge in [0.2, 0.25) is 0 Å². The summed E-state index contributed by atoms with van der Waals surface area (Å²) in [6.45, 7) is 11.5. The molecule has 0 aliphatic rings. The maximum absolute atomic E-state index is 4.85. The molecular weight excluding hydrogens is 373 g/mol. The lowest BCUT2D eigenvalue weighted by Gasteiger charge is -2.16. The van der Waals surface area contributed by atoms with Gasteiger partial charge in [0.1, 0.15) is 5.82 Å². The number of aryl methyl sites for hydroxylation is 2. The van der Waals surface area contributed by atoms with Gasteiger partial charge in [0, 0.05) is 12.1 Å². The minimum atomic E-state index is 0.375. The highest BCUT2D eigenvalue weighted by Crippen LogP contribution is 2.31. The van der Waals surface area contributed by atoms with Crippen LogP contribution in [0.25, 0.3) is 11.4 Å². The summed E-state index contributed by atoms with van der Waals surface area (Å²) in [5.41, 5.74) is 4.69. The van der Waals surface area contributed by atoms with E-state index in [9.17, 15) is 0 Å². The van der Waals surface area contributed by atoms with Crippen molar-refractivity contribution < 1.29 is 0 Å². The van der Waals surface area contributed by atoms with Crippen LogP contribution in [0.3, 0.4) is 0 Å². The van der Waals surface area contributed by atoms with Crippen LogP contribution in [0.2, 0.25) is 0 Å². The van der Waals surface area contributed by atoms with E-state index in [0.717, 1.165) is 33.0 Å². The summed E-state index contributed by atoms with van der Waals surface area (Å²) >= 11 is 2.35. The number of aromatic nitrogens is 2. The van der Waals surface area contributed by atoms with E-state index < -0.39 is 0 Å². The molecule has 112 valence electrons. The molecule has 2 rings (SSSR count). The van der Waals surface area contributed by atoms with E-state index in [0.29, 0.717) is 5.92 Å². The zero-order chi connectivity index (χ0) is 15.6. The fourth-order valence-corrected chi connectivity index (χ4v) is 3.47. The van der Waals surface area contributed by atoms with Gasteiger partial charge in [-0.15, -0.1) is 0 Å². The Morgan fingerprint density at radius 2 is 1.76 bits per heavy atom. The lowest BCUT2D eigenvalue weighted by molar-refractivity contribution is 0.808. The minimum absolute atomic E-state index is 0.375. The number of nitrogens with zero attached hydrogens (tertiary/aromatic N) is 2. The van der Waals surface area contributed by atoms with Crippen LogP contribution < -0.4 is 5.32 Å². The van der Waals surface area contributed by atoms with E-state index >= 15 is 0 Å². The topological polar surface area (TPSA) is 37.8 Å². The van der Waals surface area contributed by atoms with Crippen molar-refractivity contribution in [3.05, 3.63) is 38.6 Å². The predicted molar refractivity (Wildman–Crippen MR) is 97.9 cm³/mol. The Kier molecular flexibility index (Phi) is 5.19. The summed E-state index contributed by atoms with van der Waals surface area (Å²) in [6, 6.07) is 6.31. The second kappa shape index (κ2) is 6.73. The zero-order valence-electron chi connectivity index (χ0n) is 13.3. The monoisotopic (exact) mass is 395 g/mol. The van der Waals surface area contributed by atoms with Gasteiger partial charge in [-0.2, -0.15) is 0 Å². The molecule has 3 nitrogen and oxygen atoms in total. The van der Waals surface area contributed by atoms with Crippen molar-refractivity contribution in [3.8, 4) is 11.4 Å². The number of rotatable bonds is 4. The van der Waals surface area contributed by atoms with Crippen molar-refractivity contribution in [3.63, 3.8) is 0 Å². The van der Waals surface area contributed by atoms with Gasteiger partial charge in [-0.25, -0.2) is 9.97 Å². The molecule has 1 aromatic heterocycles. The Bertz CT molecular complexity index is 630. The first-order chi connectivity index (χ1) is 9.95. The maximum atomic E-state index is 4.85. The number of anilines is 1. The molecule has 0 unspecified atom stereocenters. The standard InChI is InChI=1S/C17H22IN3/c1-6-19-17-14(18)15(10(2)3)20-16(21-17)13-11(4)8-7-9-12(13)5/h7-10H,6H2,1-5H3,(H,19,20,21). The van der Waals surface area contributed by atoms with E-state index in [-0.39, 0.29) is 0 Å². The number of benzene rings is 1. The molecular formula is C17H22IN3. The van der Waals surface area contributed by atoms with E-state index in [1.807, 2.05) is 0 Å². The highest BCUT2D eigenvalue weighted by molar-refractivity contribution is 14.1. The summed E-state index contributed by atoms with van der Waals surface area (Å²) in [7, 11) is 0.